The van der Waals surface area contributed by atoms with Crippen LogP contribution < -0.4 is 29.6 Å². The first-order valence-corrected chi connectivity index (χ1v) is 1.09. The molecule has 0 atom stereocenters. The van der Waals surface area contributed by atoms with Gasteiger partial charge in [-0.1, -0.05) is 0 Å². The Morgan fingerprint density at radius 3 is 2.00 bits per heavy atom. The van der Waals surface area contributed by atoms with Crippen LogP contribution in [0.5, 0.6) is 0 Å². The first kappa shape index (κ1) is 9.03. The third kappa shape index (κ3) is 13.1. The van der Waals surface area contributed by atoms with Crippen molar-refractivity contribution >= 4 is 0 Å². The minimum atomic E-state index is 0. The van der Waals surface area contributed by atoms with Crippen LogP contribution in [0.3, 0.4) is 0 Å². The Kier molecular flexibility index (Phi) is 16.0. The molecule has 0 aliphatic heterocycles. The predicted molar refractivity (Wildman–Crippen MR) is 15.6 cm³/mol. The summed E-state index contributed by atoms with van der Waals surface area (Å²) in [7, 11) is 0. The van der Waals surface area contributed by atoms with Crippen molar-refractivity contribution in [2.24, 2.45) is 0 Å². The zero-order chi connectivity index (χ0) is 3.41. The van der Waals surface area contributed by atoms with Crippen molar-refractivity contribution in [2.45, 2.75) is 6.92 Å². The molecule has 0 heterocycles. The van der Waals surface area contributed by atoms with Gasteiger partial charge in [0, 0.05) is 0 Å². The first-order valence-electron chi connectivity index (χ1n) is 1.09. The van der Waals surface area contributed by atoms with Crippen molar-refractivity contribution in [3.8, 4) is 6.07 Å². The van der Waals surface area contributed by atoms with Crippen LogP contribution in [0.15, 0.2) is 0 Å². The summed E-state index contributed by atoms with van der Waals surface area (Å²) in [5.74, 6) is 0. The zero-order valence-electron chi connectivity index (χ0n) is 3.52. The van der Waals surface area contributed by atoms with Crippen molar-refractivity contribution in [1.82, 2.24) is 0 Å². The average Bonchev–Trinajstić information content (AvgIpc) is 1.37. The maximum absolute atomic E-state index is 7.57. The molecular formula is C3H4NNa. The summed E-state index contributed by atoms with van der Waals surface area (Å²) in [6.07, 6.45) is 1.43. The van der Waals surface area contributed by atoms with Gasteiger partial charge in [0.1, 0.15) is 0 Å². The molecule has 0 aromatic heterocycles. The minimum Gasteiger partial charge on any atom is -0.294 e. The molecule has 0 amide bonds. The molecule has 0 rings (SSSR count). The second kappa shape index (κ2) is 8.84. The molecule has 0 aromatic rings. The van der Waals surface area contributed by atoms with E-state index in [9.17, 15) is 0 Å². The van der Waals surface area contributed by atoms with E-state index in [0.29, 0.717) is 0 Å². The van der Waals surface area contributed by atoms with Gasteiger partial charge < -0.3 is 0 Å². The fraction of sp³-hybridized carbons (Fsp3) is 0.333. The Bertz CT molecular complexity index is 36.6. The number of nitrogens with zero attached hydrogens (tertiary/aromatic N) is 1. The van der Waals surface area contributed by atoms with E-state index in [1.807, 2.05) is 0 Å². The molecule has 0 N–H and O–H groups in total. The third-order valence-electron chi connectivity index (χ3n) is 0.129. The normalized spacial score (nSPS) is 3.20. The van der Waals surface area contributed by atoms with Crippen LogP contribution in [-0.4, -0.2) is 0 Å². The molecule has 0 aliphatic rings. The molecule has 1 nitrogen and oxygen atoms in total. The van der Waals surface area contributed by atoms with Gasteiger partial charge in [0.15, 0.2) is 0 Å². The number of hydrogen-bond acceptors (Lipinski definition) is 1. The minimum absolute atomic E-state index is 0. The van der Waals surface area contributed by atoms with Gasteiger partial charge in [-0.05, 0) is 0 Å². The van der Waals surface area contributed by atoms with Gasteiger partial charge in [0.05, 0.1) is 0 Å². The number of hydrogen-bond donors (Lipinski definition) is 0. The topological polar surface area (TPSA) is 23.8 Å². The van der Waals surface area contributed by atoms with Crippen LogP contribution in [0.25, 0.3) is 0 Å². The Morgan fingerprint density at radius 2 is 2.00 bits per heavy atom. The molecular weight excluding hydrogens is 73.0 g/mol. The van der Waals surface area contributed by atoms with Crippen LogP contribution in [0, 0.1) is 17.8 Å². The van der Waals surface area contributed by atoms with Crippen LogP contribution in [0.2, 0.25) is 0 Å². The van der Waals surface area contributed by atoms with E-state index in [-0.39, 0.29) is 29.6 Å². The SMILES string of the molecule is C[CH-]C#N.[Na+]. The quantitative estimate of drug-likeness (QED) is 0.236. The van der Waals surface area contributed by atoms with Gasteiger partial charge in [-0.25, -0.2) is 5.26 Å². The molecule has 2 heteroatoms. The van der Waals surface area contributed by atoms with Gasteiger partial charge in [-0.15, -0.1) is 6.07 Å². The van der Waals surface area contributed by atoms with Gasteiger partial charge >= 0.3 is 29.6 Å². The summed E-state index contributed by atoms with van der Waals surface area (Å²) < 4.78 is 0. The van der Waals surface area contributed by atoms with E-state index in [1.165, 1.54) is 6.42 Å². The van der Waals surface area contributed by atoms with E-state index < -0.39 is 0 Å². The van der Waals surface area contributed by atoms with E-state index in [0.717, 1.165) is 0 Å². The van der Waals surface area contributed by atoms with Gasteiger partial charge in [0.25, 0.3) is 0 Å². The van der Waals surface area contributed by atoms with E-state index in [2.05, 4.69) is 0 Å². The molecule has 0 saturated heterocycles. The van der Waals surface area contributed by atoms with Gasteiger partial charge in [-0.2, -0.15) is 6.92 Å². The summed E-state index contributed by atoms with van der Waals surface area (Å²) in [5, 5.41) is 7.57. The van der Waals surface area contributed by atoms with Crippen LogP contribution in [0.4, 0.5) is 0 Å². The molecule has 0 saturated carbocycles. The summed E-state index contributed by atoms with van der Waals surface area (Å²) in [4.78, 5) is 0. The van der Waals surface area contributed by atoms with Crippen LogP contribution in [-0.2, 0) is 0 Å². The number of rotatable bonds is 0. The molecule has 5 heavy (non-hydrogen) atoms. The maximum atomic E-state index is 7.57. The Labute approximate surface area is 54.3 Å². The van der Waals surface area contributed by atoms with Crippen molar-refractivity contribution in [3.63, 3.8) is 0 Å². The van der Waals surface area contributed by atoms with Crippen molar-refractivity contribution < 1.29 is 29.6 Å². The second-order valence-electron chi connectivity index (χ2n) is 0.418. The van der Waals surface area contributed by atoms with E-state index in [1.54, 1.807) is 13.0 Å². The molecule has 0 aliphatic carbocycles. The van der Waals surface area contributed by atoms with Crippen molar-refractivity contribution in [3.05, 3.63) is 6.42 Å². The monoisotopic (exact) mass is 77.0 g/mol. The van der Waals surface area contributed by atoms with Crippen LogP contribution >= 0.6 is 0 Å². The summed E-state index contributed by atoms with van der Waals surface area (Å²) in [6, 6.07) is 1.81. The smallest absolute Gasteiger partial charge is 0.294 e. The molecule has 0 unspecified atom stereocenters. The molecule has 0 spiro atoms. The van der Waals surface area contributed by atoms with Crippen molar-refractivity contribution in [1.29, 1.82) is 5.26 Å². The summed E-state index contributed by atoms with van der Waals surface area (Å²) in [6.45, 7) is 1.69. The third-order valence-corrected chi connectivity index (χ3v) is 0.129. The van der Waals surface area contributed by atoms with E-state index in [4.69, 9.17) is 5.26 Å². The van der Waals surface area contributed by atoms with Gasteiger partial charge in [0.2, 0.25) is 0 Å². The fourth-order valence-corrected chi connectivity index (χ4v) is 0. The van der Waals surface area contributed by atoms with E-state index >= 15 is 0 Å². The second-order valence-corrected chi connectivity index (χ2v) is 0.418. The Morgan fingerprint density at radius 1 is 1.80 bits per heavy atom. The molecule has 22 valence electrons. The summed E-state index contributed by atoms with van der Waals surface area (Å²) >= 11 is 0. The molecule has 0 aromatic carbocycles. The molecule has 0 bridgehead atoms. The average molecular weight is 77.1 g/mol. The van der Waals surface area contributed by atoms with Crippen LogP contribution in [0.1, 0.15) is 6.92 Å². The Balaban J connectivity index is 0. The maximum Gasteiger partial charge on any atom is 1.00 e. The molecule has 0 radical (unpaired) electrons. The standard InChI is InChI=1S/C3H4N.Na/c1-2-3-4;/h2H,1H3;/q-1;+1. The number of nitriles is 1. The van der Waals surface area contributed by atoms with Gasteiger partial charge in [-0.3, -0.25) is 6.42 Å². The predicted octanol–water partition coefficient (Wildman–Crippen LogP) is -2.26. The largest absolute Gasteiger partial charge is 1.00 e. The first-order chi connectivity index (χ1) is 1.91. The zero-order valence-corrected chi connectivity index (χ0v) is 5.52. The summed E-state index contributed by atoms with van der Waals surface area (Å²) in [5.41, 5.74) is 0. The molecule has 0 fully saturated rings. The fourth-order valence-electron chi connectivity index (χ4n) is 0. The van der Waals surface area contributed by atoms with Crippen molar-refractivity contribution in [2.75, 3.05) is 0 Å². The Hall–Kier alpha value is 0.360.